The number of aryl methyl sites for hydroxylation is 1. The lowest BCUT2D eigenvalue weighted by Crippen LogP contribution is -2.38. The van der Waals surface area contributed by atoms with E-state index in [1.165, 1.54) is 59.5 Å². The molecule has 4 nitrogen and oxygen atoms in total. The van der Waals surface area contributed by atoms with Crippen LogP contribution in [0.25, 0.3) is 22.2 Å². The minimum Gasteiger partial charge on any atom is -0.368 e. The summed E-state index contributed by atoms with van der Waals surface area (Å²) in [7, 11) is 0. The SMILES string of the molecule is CCn1c(C)c(-c2n[nH]c3c2N2CCC3CC2)c2ccccc21. The molecule has 3 aromatic rings. The Balaban J connectivity index is 1.82. The van der Waals surface area contributed by atoms with Crippen LogP contribution >= 0.6 is 0 Å². The summed E-state index contributed by atoms with van der Waals surface area (Å²) in [4.78, 5) is 2.53. The van der Waals surface area contributed by atoms with E-state index in [9.17, 15) is 0 Å². The van der Waals surface area contributed by atoms with Gasteiger partial charge in [0.15, 0.2) is 0 Å². The molecule has 1 N–H and O–H groups in total. The van der Waals surface area contributed by atoms with Crippen LogP contribution in [0.3, 0.4) is 0 Å². The molecule has 0 unspecified atom stereocenters. The Bertz CT molecular complexity index is 894. The Morgan fingerprint density at radius 1 is 1.22 bits per heavy atom. The molecule has 118 valence electrons. The number of piperidine rings is 1. The molecule has 1 saturated heterocycles. The van der Waals surface area contributed by atoms with E-state index in [2.05, 4.69) is 52.7 Å². The normalized spacial score (nSPS) is 17.2. The summed E-state index contributed by atoms with van der Waals surface area (Å²) in [5.74, 6) is 0.677. The van der Waals surface area contributed by atoms with Crippen molar-refractivity contribution in [2.45, 2.75) is 39.2 Å². The monoisotopic (exact) mass is 306 g/mol. The van der Waals surface area contributed by atoms with Gasteiger partial charge in [-0.3, -0.25) is 5.10 Å². The first-order valence-corrected chi connectivity index (χ1v) is 8.71. The molecule has 0 atom stereocenters. The van der Waals surface area contributed by atoms with Gasteiger partial charge in [-0.15, -0.1) is 0 Å². The van der Waals surface area contributed by atoms with Crippen molar-refractivity contribution in [1.82, 2.24) is 14.8 Å². The molecule has 3 aliphatic rings. The van der Waals surface area contributed by atoms with Crippen molar-refractivity contribution in [3.63, 3.8) is 0 Å². The minimum atomic E-state index is 0.677. The van der Waals surface area contributed by atoms with Crippen LogP contribution in [0.15, 0.2) is 24.3 Å². The predicted molar refractivity (Wildman–Crippen MR) is 94.1 cm³/mol. The quantitative estimate of drug-likeness (QED) is 0.775. The number of para-hydroxylation sites is 1. The molecule has 0 aliphatic carbocycles. The first kappa shape index (κ1) is 13.2. The van der Waals surface area contributed by atoms with Gasteiger partial charge in [0.2, 0.25) is 0 Å². The third-order valence-corrected chi connectivity index (χ3v) is 5.77. The third-order valence-electron chi connectivity index (χ3n) is 5.77. The van der Waals surface area contributed by atoms with Crippen molar-refractivity contribution in [2.24, 2.45) is 0 Å². The van der Waals surface area contributed by atoms with Crippen LogP contribution in [0.2, 0.25) is 0 Å². The minimum absolute atomic E-state index is 0.677. The largest absolute Gasteiger partial charge is 0.368 e. The number of hydrogen-bond acceptors (Lipinski definition) is 2. The number of aromatic nitrogens is 3. The van der Waals surface area contributed by atoms with Crippen molar-refractivity contribution < 1.29 is 0 Å². The lowest BCUT2D eigenvalue weighted by molar-refractivity contribution is 0.466. The predicted octanol–water partition coefficient (Wildman–Crippen LogP) is 4.06. The fourth-order valence-electron chi connectivity index (χ4n) is 4.66. The molecule has 0 radical (unpaired) electrons. The second-order valence-corrected chi connectivity index (χ2v) is 6.82. The van der Waals surface area contributed by atoms with Gasteiger partial charge in [-0.1, -0.05) is 18.2 Å². The smallest absolute Gasteiger partial charge is 0.118 e. The van der Waals surface area contributed by atoms with Gasteiger partial charge >= 0.3 is 0 Å². The zero-order valence-corrected chi connectivity index (χ0v) is 13.8. The van der Waals surface area contributed by atoms with E-state index in [1.54, 1.807) is 0 Å². The molecule has 4 heteroatoms. The van der Waals surface area contributed by atoms with Gasteiger partial charge in [-0.05, 0) is 32.8 Å². The van der Waals surface area contributed by atoms with E-state index in [-0.39, 0.29) is 0 Å². The Kier molecular flexibility index (Phi) is 2.67. The fourth-order valence-corrected chi connectivity index (χ4v) is 4.66. The molecule has 5 heterocycles. The number of hydrogen-bond donors (Lipinski definition) is 1. The Morgan fingerprint density at radius 3 is 2.78 bits per heavy atom. The lowest BCUT2D eigenvalue weighted by Gasteiger charge is -2.40. The Morgan fingerprint density at radius 2 is 2.00 bits per heavy atom. The molecule has 0 amide bonds. The molecule has 23 heavy (non-hydrogen) atoms. The molecular weight excluding hydrogens is 284 g/mol. The number of benzene rings is 1. The number of fused-ring (bicyclic) bond motifs is 3. The summed E-state index contributed by atoms with van der Waals surface area (Å²) in [5.41, 5.74) is 7.85. The van der Waals surface area contributed by atoms with Crippen LogP contribution < -0.4 is 4.90 Å². The molecule has 0 spiro atoms. The van der Waals surface area contributed by atoms with Crippen LogP contribution in [0, 0.1) is 6.92 Å². The summed E-state index contributed by atoms with van der Waals surface area (Å²) in [6, 6.07) is 8.72. The van der Waals surface area contributed by atoms with Gasteiger partial charge in [0.05, 0.1) is 11.4 Å². The highest BCUT2D eigenvalue weighted by Gasteiger charge is 2.36. The van der Waals surface area contributed by atoms with Crippen molar-refractivity contribution in [3.05, 3.63) is 35.7 Å². The van der Waals surface area contributed by atoms with Crippen LogP contribution in [0.4, 0.5) is 5.69 Å². The van der Waals surface area contributed by atoms with Crippen molar-refractivity contribution in [2.75, 3.05) is 18.0 Å². The molecule has 1 fully saturated rings. The van der Waals surface area contributed by atoms with E-state index in [4.69, 9.17) is 5.10 Å². The summed E-state index contributed by atoms with van der Waals surface area (Å²) < 4.78 is 2.40. The highest BCUT2D eigenvalue weighted by atomic mass is 15.2. The zero-order chi connectivity index (χ0) is 15.6. The van der Waals surface area contributed by atoms with Gasteiger partial charge in [-0.25, -0.2) is 0 Å². The molecule has 0 saturated carbocycles. The van der Waals surface area contributed by atoms with Gasteiger partial charge in [0, 0.05) is 47.7 Å². The van der Waals surface area contributed by atoms with Gasteiger partial charge in [0.1, 0.15) is 5.69 Å². The molecule has 2 aromatic heterocycles. The van der Waals surface area contributed by atoms with Crippen molar-refractivity contribution >= 4 is 16.6 Å². The van der Waals surface area contributed by atoms with E-state index >= 15 is 0 Å². The highest BCUT2D eigenvalue weighted by molar-refractivity contribution is 6.00. The molecule has 1 aromatic carbocycles. The molecule has 2 bridgehead atoms. The average molecular weight is 306 g/mol. The maximum absolute atomic E-state index is 4.79. The van der Waals surface area contributed by atoms with Crippen molar-refractivity contribution in [1.29, 1.82) is 0 Å². The maximum atomic E-state index is 4.79. The second-order valence-electron chi connectivity index (χ2n) is 6.82. The first-order valence-electron chi connectivity index (χ1n) is 8.71. The van der Waals surface area contributed by atoms with Crippen molar-refractivity contribution in [3.8, 4) is 11.3 Å². The lowest BCUT2D eigenvalue weighted by atomic mass is 9.86. The molecule has 3 aliphatic heterocycles. The molecule has 6 rings (SSSR count). The topological polar surface area (TPSA) is 36.9 Å². The van der Waals surface area contributed by atoms with Gasteiger partial charge in [0.25, 0.3) is 0 Å². The number of aromatic amines is 1. The summed E-state index contributed by atoms with van der Waals surface area (Å²) in [5, 5.41) is 9.48. The number of rotatable bonds is 2. The number of nitrogens with zero attached hydrogens (tertiary/aromatic N) is 3. The number of nitrogens with one attached hydrogen (secondary N) is 1. The average Bonchev–Trinajstić information content (AvgIpc) is 3.15. The molecular formula is C19H22N4. The Labute approximate surface area is 136 Å². The van der Waals surface area contributed by atoms with Crippen LogP contribution in [-0.2, 0) is 6.54 Å². The second kappa shape index (κ2) is 4.63. The summed E-state index contributed by atoms with van der Waals surface area (Å²) in [6.07, 6.45) is 2.54. The standard InChI is InChI=1S/C19H22N4/c1-3-23-12(2)16(14-6-4-5-7-15(14)23)18-19-17(20-21-18)13-8-10-22(19)11-9-13/h4-7,13H,3,8-11H2,1-2H3,(H,20,21). The summed E-state index contributed by atoms with van der Waals surface area (Å²) in [6.45, 7) is 7.79. The van der Waals surface area contributed by atoms with Gasteiger partial charge in [-0.2, -0.15) is 5.10 Å². The Hall–Kier alpha value is -2.23. The van der Waals surface area contributed by atoms with E-state index in [0.717, 1.165) is 12.2 Å². The van der Waals surface area contributed by atoms with E-state index in [1.807, 2.05) is 0 Å². The summed E-state index contributed by atoms with van der Waals surface area (Å²) >= 11 is 0. The highest BCUT2D eigenvalue weighted by Crippen LogP contribution is 2.47. The fraction of sp³-hybridized carbons (Fsp3) is 0.421. The maximum Gasteiger partial charge on any atom is 0.118 e. The van der Waals surface area contributed by atoms with Gasteiger partial charge < -0.3 is 9.47 Å². The first-order chi connectivity index (χ1) is 11.3. The van der Waals surface area contributed by atoms with Crippen LogP contribution in [0.5, 0.6) is 0 Å². The zero-order valence-electron chi connectivity index (χ0n) is 13.8. The van der Waals surface area contributed by atoms with E-state index < -0.39 is 0 Å². The van der Waals surface area contributed by atoms with Crippen LogP contribution in [0.1, 0.15) is 37.1 Å². The number of H-pyrrole nitrogens is 1. The third kappa shape index (κ3) is 1.64. The number of anilines is 1. The van der Waals surface area contributed by atoms with E-state index in [0.29, 0.717) is 5.92 Å². The van der Waals surface area contributed by atoms with Crippen LogP contribution in [-0.4, -0.2) is 27.9 Å².